The second-order valence-corrected chi connectivity index (χ2v) is 6.02. The molecule has 0 spiro atoms. The predicted octanol–water partition coefficient (Wildman–Crippen LogP) is 3.12. The average molecular weight is 398 g/mol. The van der Waals surface area contributed by atoms with Gasteiger partial charge in [0.2, 0.25) is 5.91 Å². The number of carbonyl (C=O) groups excluding carboxylic acids is 1. The molecule has 1 amide bonds. The summed E-state index contributed by atoms with van der Waals surface area (Å²) in [5.41, 5.74) is 1.01. The van der Waals surface area contributed by atoms with Gasteiger partial charge in [0.05, 0.1) is 19.8 Å². The molecule has 2 rings (SSSR count). The molecule has 0 aliphatic heterocycles. The van der Waals surface area contributed by atoms with Gasteiger partial charge in [-0.1, -0.05) is 6.07 Å². The fourth-order valence-corrected chi connectivity index (χ4v) is 2.56. The van der Waals surface area contributed by atoms with Crippen molar-refractivity contribution in [1.29, 1.82) is 5.26 Å². The maximum Gasteiger partial charge on any atom is 0.234 e. The fraction of sp³-hybridized carbons (Fsp3) is 0.364. The first-order chi connectivity index (χ1) is 14.2. The van der Waals surface area contributed by atoms with Gasteiger partial charge in [0.1, 0.15) is 31.1 Å². The van der Waals surface area contributed by atoms with Crippen LogP contribution in [0.3, 0.4) is 0 Å². The highest BCUT2D eigenvalue weighted by atomic mass is 16.5. The van der Waals surface area contributed by atoms with E-state index in [1.165, 1.54) is 0 Å². The lowest BCUT2D eigenvalue weighted by atomic mass is 10.1. The summed E-state index contributed by atoms with van der Waals surface area (Å²) < 4.78 is 22.3. The highest BCUT2D eigenvalue weighted by Gasteiger charge is 2.08. The molecular weight excluding hydrogens is 372 g/mol. The smallest absolute Gasteiger partial charge is 0.234 e. The number of nitrogens with zero attached hydrogens (tertiary/aromatic N) is 1. The van der Waals surface area contributed by atoms with E-state index in [0.29, 0.717) is 44.3 Å². The third-order valence-corrected chi connectivity index (χ3v) is 3.95. The van der Waals surface area contributed by atoms with Crippen LogP contribution in [-0.4, -0.2) is 39.4 Å². The molecule has 0 heterocycles. The number of hydrogen-bond donors (Lipinski definition) is 1. The van der Waals surface area contributed by atoms with E-state index in [-0.39, 0.29) is 12.3 Å². The van der Waals surface area contributed by atoms with Crippen molar-refractivity contribution in [2.45, 2.75) is 19.8 Å². The SMILES string of the molecule is CCOc1cc(CCNC(=O)CC#N)ccc1OCCOc1ccc(OC)cc1. The van der Waals surface area contributed by atoms with Crippen molar-refractivity contribution in [1.82, 2.24) is 5.32 Å². The number of nitrogens with one attached hydrogen (secondary N) is 1. The minimum Gasteiger partial charge on any atom is -0.497 e. The van der Waals surface area contributed by atoms with Gasteiger partial charge in [0.25, 0.3) is 0 Å². The molecule has 154 valence electrons. The molecule has 0 bridgehead atoms. The maximum absolute atomic E-state index is 11.3. The topological polar surface area (TPSA) is 89.8 Å². The van der Waals surface area contributed by atoms with Crippen molar-refractivity contribution < 1.29 is 23.7 Å². The number of hydrogen-bond acceptors (Lipinski definition) is 6. The van der Waals surface area contributed by atoms with E-state index in [9.17, 15) is 4.79 Å². The van der Waals surface area contributed by atoms with Crippen molar-refractivity contribution in [2.75, 3.05) is 33.5 Å². The van der Waals surface area contributed by atoms with Gasteiger partial charge in [-0.3, -0.25) is 4.79 Å². The van der Waals surface area contributed by atoms with Crippen molar-refractivity contribution in [2.24, 2.45) is 0 Å². The fourth-order valence-electron chi connectivity index (χ4n) is 2.56. The molecule has 0 aromatic heterocycles. The third kappa shape index (κ3) is 7.62. The summed E-state index contributed by atoms with van der Waals surface area (Å²) in [5, 5.41) is 11.2. The van der Waals surface area contributed by atoms with Crippen molar-refractivity contribution in [3.05, 3.63) is 48.0 Å². The van der Waals surface area contributed by atoms with Gasteiger partial charge < -0.3 is 24.3 Å². The molecule has 0 aliphatic carbocycles. The summed E-state index contributed by atoms with van der Waals surface area (Å²) >= 11 is 0. The van der Waals surface area contributed by atoms with Crippen LogP contribution in [0.25, 0.3) is 0 Å². The van der Waals surface area contributed by atoms with Crippen molar-refractivity contribution >= 4 is 5.91 Å². The van der Waals surface area contributed by atoms with Crippen LogP contribution in [0.15, 0.2) is 42.5 Å². The first-order valence-electron chi connectivity index (χ1n) is 9.45. The van der Waals surface area contributed by atoms with E-state index in [1.54, 1.807) is 7.11 Å². The molecular formula is C22H26N2O5. The number of ether oxygens (including phenoxy) is 4. The van der Waals surface area contributed by atoms with Crippen LogP contribution >= 0.6 is 0 Å². The average Bonchev–Trinajstić information content (AvgIpc) is 2.73. The van der Waals surface area contributed by atoms with Gasteiger partial charge in [-0.15, -0.1) is 0 Å². The number of amides is 1. The highest BCUT2D eigenvalue weighted by molar-refractivity contribution is 5.77. The van der Waals surface area contributed by atoms with E-state index in [2.05, 4.69) is 5.32 Å². The Morgan fingerprint density at radius 3 is 2.41 bits per heavy atom. The van der Waals surface area contributed by atoms with E-state index in [4.69, 9.17) is 24.2 Å². The molecule has 0 saturated carbocycles. The molecule has 29 heavy (non-hydrogen) atoms. The molecule has 0 saturated heterocycles. The zero-order valence-corrected chi connectivity index (χ0v) is 16.8. The van der Waals surface area contributed by atoms with Gasteiger partial charge >= 0.3 is 0 Å². The third-order valence-electron chi connectivity index (χ3n) is 3.95. The summed E-state index contributed by atoms with van der Waals surface area (Å²) in [7, 11) is 1.62. The Bertz CT molecular complexity index is 815. The lowest BCUT2D eigenvalue weighted by Gasteiger charge is -2.14. The molecule has 7 heteroatoms. The maximum atomic E-state index is 11.3. The molecule has 7 nitrogen and oxygen atoms in total. The Kier molecular flexibility index (Phi) is 9.16. The number of methoxy groups -OCH3 is 1. The van der Waals surface area contributed by atoms with Crippen molar-refractivity contribution in [3.8, 4) is 29.1 Å². The highest BCUT2D eigenvalue weighted by Crippen LogP contribution is 2.28. The Balaban J connectivity index is 1.83. The molecule has 0 radical (unpaired) electrons. The molecule has 0 unspecified atom stereocenters. The lowest BCUT2D eigenvalue weighted by molar-refractivity contribution is -0.120. The molecule has 0 aliphatic rings. The Hall–Kier alpha value is -3.40. The Morgan fingerprint density at radius 2 is 1.72 bits per heavy atom. The van der Waals surface area contributed by atoms with Gasteiger partial charge in [0, 0.05) is 6.54 Å². The zero-order chi connectivity index (χ0) is 20.9. The normalized spacial score (nSPS) is 9.97. The summed E-state index contributed by atoms with van der Waals surface area (Å²) in [4.78, 5) is 11.3. The molecule has 0 atom stereocenters. The first-order valence-corrected chi connectivity index (χ1v) is 9.45. The second kappa shape index (κ2) is 12.1. The molecule has 2 aromatic carbocycles. The predicted molar refractivity (Wildman–Crippen MR) is 109 cm³/mol. The minimum atomic E-state index is -0.269. The van der Waals surface area contributed by atoms with Crippen LogP contribution in [0.2, 0.25) is 0 Å². The number of rotatable bonds is 12. The van der Waals surface area contributed by atoms with Crippen molar-refractivity contribution in [3.63, 3.8) is 0 Å². The van der Waals surface area contributed by atoms with Crippen LogP contribution in [0.4, 0.5) is 0 Å². The molecule has 0 fully saturated rings. The largest absolute Gasteiger partial charge is 0.497 e. The van der Waals surface area contributed by atoms with E-state index in [0.717, 1.165) is 17.1 Å². The quantitative estimate of drug-likeness (QED) is 0.553. The molecule has 2 aromatic rings. The zero-order valence-electron chi connectivity index (χ0n) is 16.8. The standard InChI is InChI=1S/C22H26N2O5/c1-3-27-21-16-17(11-13-24-22(25)10-12-23)4-9-20(21)29-15-14-28-19-7-5-18(26-2)6-8-19/h4-9,16H,3,10-11,13-15H2,1-2H3,(H,24,25). The number of nitriles is 1. The van der Waals surface area contributed by atoms with Gasteiger partial charge in [-0.2, -0.15) is 5.26 Å². The van der Waals surface area contributed by atoms with E-state index < -0.39 is 0 Å². The van der Waals surface area contributed by atoms with Crippen LogP contribution in [0.5, 0.6) is 23.0 Å². The number of carbonyl (C=O) groups is 1. The minimum absolute atomic E-state index is 0.129. The summed E-state index contributed by atoms with van der Waals surface area (Å²) in [6.45, 7) is 3.65. The summed E-state index contributed by atoms with van der Waals surface area (Å²) in [6.07, 6.45) is 0.508. The number of benzene rings is 2. The Morgan fingerprint density at radius 1 is 1.00 bits per heavy atom. The van der Waals surface area contributed by atoms with Crippen LogP contribution in [0, 0.1) is 11.3 Å². The van der Waals surface area contributed by atoms with Gasteiger partial charge in [-0.25, -0.2) is 0 Å². The van der Waals surface area contributed by atoms with Gasteiger partial charge in [0.15, 0.2) is 11.5 Å². The second-order valence-electron chi connectivity index (χ2n) is 6.02. The molecule has 1 N–H and O–H groups in total. The lowest BCUT2D eigenvalue weighted by Crippen LogP contribution is -2.24. The van der Waals surface area contributed by atoms with E-state index in [1.807, 2.05) is 55.5 Å². The first kappa shape index (κ1) is 21.9. The van der Waals surface area contributed by atoms with Crippen LogP contribution in [-0.2, 0) is 11.2 Å². The monoisotopic (exact) mass is 398 g/mol. The van der Waals surface area contributed by atoms with E-state index >= 15 is 0 Å². The van der Waals surface area contributed by atoms with Crippen LogP contribution in [0.1, 0.15) is 18.9 Å². The van der Waals surface area contributed by atoms with Gasteiger partial charge in [-0.05, 0) is 55.3 Å². The van der Waals surface area contributed by atoms with Crippen LogP contribution < -0.4 is 24.3 Å². The summed E-state index contributed by atoms with van der Waals surface area (Å²) in [6, 6.07) is 14.9. The Labute approximate surface area is 171 Å². The summed E-state index contributed by atoms with van der Waals surface area (Å²) in [5.74, 6) is 2.54.